The Morgan fingerprint density at radius 2 is 2.04 bits per heavy atom. The molecule has 2 aliphatic rings. The zero-order chi connectivity index (χ0) is 18.1. The molecule has 3 amide bonds. The minimum atomic E-state index is -0.767. The number of anilines is 2. The predicted molar refractivity (Wildman–Crippen MR) is 96.1 cm³/mol. The van der Waals surface area contributed by atoms with E-state index in [0.717, 1.165) is 17.8 Å². The average molecular weight is 371 g/mol. The van der Waals surface area contributed by atoms with Gasteiger partial charge >= 0.3 is 0 Å². The molecule has 0 unspecified atom stereocenters. The van der Waals surface area contributed by atoms with Crippen molar-refractivity contribution in [3.63, 3.8) is 0 Å². The lowest BCUT2D eigenvalue weighted by atomic mass is 10.1. The average Bonchev–Trinajstić information content (AvgIpc) is 3.39. The zero-order valence-electron chi connectivity index (χ0n) is 13.8. The first-order valence-corrected chi connectivity index (χ1v) is 9.26. The van der Waals surface area contributed by atoms with E-state index in [-0.39, 0.29) is 30.6 Å². The highest BCUT2D eigenvalue weighted by Crippen LogP contribution is 2.42. The zero-order valence-corrected chi connectivity index (χ0v) is 14.6. The van der Waals surface area contributed by atoms with Crippen molar-refractivity contribution in [1.82, 2.24) is 15.5 Å². The SMILES string of the molecule is O=C(CC[C@H]1NC(=O)c2ccccc2NC1=O)Nc1nnc(C2CC2)s1. The van der Waals surface area contributed by atoms with Crippen LogP contribution in [0.3, 0.4) is 0 Å². The maximum atomic E-state index is 12.3. The monoisotopic (exact) mass is 371 g/mol. The summed E-state index contributed by atoms with van der Waals surface area (Å²) in [5.41, 5.74) is 0.887. The van der Waals surface area contributed by atoms with Crippen LogP contribution in [0.25, 0.3) is 0 Å². The summed E-state index contributed by atoms with van der Waals surface area (Å²) in [7, 11) is 0. The van der Waals surface area contributed by atoms with Crippen molar-refractivity contribution >= 4 is 39.9 Å². The molecular weight excluding hydrogens is 354 g/mol. The highest BCUT2D eigenvalue weighted by molar-refractivity contribution is 7.15. The molecule has 0 radical (unpaired) electrons. The summed E-state index contributed by atoms with van der Waals surface area (Å²) in [6.45, 7) is 0. The summed E-state index contributed by atoms with van der Waals surface area (Å²) in [4.78, 5) is 36.7. The van der Waals surface area contributed by atoms with Gasteiger partial charge in [-0.05, 0) is 31.4 Å². The van der Waals surface area contributed by atoms with E-state index in [1.54, 1.807) is 24.3 Å². The Morgan fingerprint density at radius 1 is 1.23 bits per heavy atom. The van der Waals surface area contributed by atoms with Gasteiger partial charge in [0.2, 0.25) is 16.9 Å². The summed E-state index contributed by atoms with van der Waals surface area (Å²) in [5.74, 6) is -0.428. The largest absolute Gasteiger partial charge is 0.340 e. The maximum Gasteiger partial charge on any atom is 0.254 e. The molecule has 1 atom stereocenters. The van der Waals surface area contributed by atoms with E-state index < -0.39 is 6.04 Å². The number of carbonyl (C=O) groups is 3. The van der Waals surface area contributed by atoms with E-state index in [2.05, 4.69) is 26.1 Å². The summed E-state index contributed by atoms with van der Waals surface area (Å²) in [5, 5.41) is 17.6. The van der Waals surface area contributed by atoms with Gasteiger partial charge in [0.25, 0.3) is 5.91 Å². The van der Waals surface area contributed by atoms with E-state index in [0.29, 0.717) is 22.3 Å². The van der Waals surface area contributed by atoms with Crippen LogP contribution in [0.4, 0.5) is 10.8 Å². The molecular formula is C17H17N5O3S. The van der Waals surface area contributed by atoms with Gasteiger partial charge in [0, 0.05) is 12.3 Å². The first-order chi connectivity index (χ1) is 12.6. The lowest BCUT2D eigenvalue weighted by molar-refractivity contribution is -0.118. The number of hydrogen-bond donors (Lipinski definition) is 3. The molecule has 1 aromatic heterocycles. The number of aromatic nitrogens is 2. The Labute approximate surface area is 153 Å². The van der Waals surface area contributed by atoms with E-state index in [9.17, 15) is 14.4 Å². The van der Waals surface area contributed by atoms with Crippen LogP contribution >= 0.6 is 11.3 Å². The number of nitrogens with one attached hydrogen (secondary N) is 3. The summed E-state index contributed by atoms with van der Waals surface area (Å²) in [6.07, 6.45) is 2.54. The Balaban J connectivity index is 1.34. The third-order valence-corrected chi connectivity index (χ3v) is 5.33. The molecule has 0 saturated heterocycles. The minimum Gasteiger partial charge on any atom is -0.340 e. The number of benzene rings is 1. The lowest BCUT2D eigenvalue weighted by Gasteiger charge is -2.13. The molecule has 0 bridgehead atoms. The second-order valence-electron chi connectivity index (χ2n) is 6.37. The van der Waals surface area contributed by atoms with Gasteiger partial charge in [0.05, 0.1) is 11.3 Å². The van der Waals surface area contributed by atoms with Crippen molar-refractivity contribution in [3.05, 3.63) is 34.8 Å². The van der Waals surface area contributed by atoms with Crippen molar-refractivity contribution in [3.8, 4) is 0 Å². The number of amides is 3. The fraction of sp³-hybridized carbons (Fsp3) is 0.353. The van der Waals surface area contributed by atoms with Crippen molar-refractivity contribution in [2.24, 2.45) is 0 Å². The van der Waals surface area contributed by atoms with E-state index in [1.807, 2.05) is 0 Å². The van der Waals surface area contributed by atoms with Crippen LogP contribution in [0.1, 0.15) is 47.0 Å². The molecule has 134 valence electrons. The molecule has 1 aromatic carbocycles. The third-order valence-electron chi connectivity index (χ3n) is 4.33. The predicted octanol–water partition coefficient (Wildman–Crippen LogP) is 1.88. The molecule has 1 fully saturated rings. The van der Waals surface area contributed by atoms with Gasteiger partial charge in [-0.1, -0.05) is 23.5 Å². The maximum absolute atomic E-state index is 12.3. The fourth-order valence-corrected chi connectivity index (χ4v) is 3.68. The summed E-state index contributed by atoms with van der Waals surface area (Å²) >= 11 is 1.39. The van der Waals surface area contributed by atoms with Crippen LogP contribution in [-0.4, -0.2) is 34.0 Å². The highest BCUT2D eigenvalue weighted by atomic mass is 32.1. The van der Waals surface area contributed by atoms with Crippen LogP contribution < -0.4 is 16.0 Å². The Kier molecular flexibility index (Phi) is 4.37. The standard InChI is InChI=1S/C17H17N5O3S/c23-13(20-17-22-21-16(26-17)9-5-6-9)8-7-12-15(25)18-11-4-2-1-3-10(11)14(24)19-12/h1-4,9,12H,5-8H2,(H,18,25)(H,19,24)(H,20,22,23)/t12-/m1/s1. The molecule has 1 saturated carbocycles. The number of para-hydroxylation sites is 1. The van der Waals surface area contributed by atoms with Crippen molar-refractivity contribution in [2.45, 2.75) is 37.6 Å². The van der Waals surface area contributed by atoms with E-state index in [4.69, 9.17) is 0 Å². The first-order valence-electron chi connectivity index (χ1n) is 8.44. The van der Waals surface area contributed by atoms with E-state index >= 15 is 0 Å². The molecule has 26 heavy (non-hydrogen) atoms. The van der Waals surface area contributed by atoms with Crippen LogP contribution in [-0.2, 0) is 9.59 Å². The van der Waals surface area contributed by atoms with Gasteiger partial charge in [-0.3, -0.25) is 14.4 Å². The molecule has 2 heterocycles. The highest BCUT2D eigenvalue weighted by Gasteiger charge is 2.29. The van der Waals surface area contributed by atoms with Gasteiger partial charge in [-0.25, -0.2) is 0 Å². The second kappa shape index (κ2) is 6.83. The van der Waals surface area contributed by atoms with Crippen molar-refractivity contribution < 1.29 is 14.4 Å². The summed E-state index contributed by atoms with van der Waals surface area (Å²) in [6, 6.07) is 6.04. The first kappa shape index (κ1) is 16.6. The number of rotatable bonds is 5. The quantitative estimate of drug-likeness (QED) is 0.743. The van der Waals surface area contributed by atoms with Crippen LogP contribution in [0, 0.1) is 0 Å². The molecule has 3 N–H and O–H groups in total. The van der Waals surface area contributed by atoms with Gasteiger partial charge in [-0.2, -0.15) is 0 Å². The van der Waals surface area contributed by atoms with Crippen molar-refractivity contribution in [2.75, 3.05) is 10.6 Å². The van der Waals surface area contributed by atoms with Crippen LogP contribution in [0.5, 0.6) is 0 Å². The molecule has 8 nitrogen and oxygen atoms in total. The van der Waals surface area contributed by atoms with Crippen LogP contribution in [0.15, 0.2) is 24.3 Å². The Hall–Kier alpha value is -2.81. The topological polar surface area (TPSA) is 113 Å². The number of carbonyl (C=O) groups excluding carboxylic acids is 3. The molecule has 1 aliphatic heterocycles. The van der Waals surface area contributed by atoms with Gasteiger partial charge in [-0.15, -0.1) is 10.2 Å². The van der Waals surface area contributed by atoms with Crippen LogP contribution in [0.2, 0.25) is 0 Å². The minimum absolute atomic E-state index is 0.0903. The Bertz CT molecular complexity index is 877. The summed E-state index contributed by atoms with van der Waals surface area (Å²) < 4.78 is 0. The number of hydrogen-bond acceptors (Lipinski definition) is 6. The Morgan fingerprint density at radius 3 is 2.85 bits per heavy atom. The van der Waals surface area contributed by atoms with Gasteiger partial charge < -0.3 is 16.0 Å². The molecule has 2 aromatic rings. The lowest BCUT2D eigenvalue weighted by Crippen LogP contribution is -2.41. The van der Waals surface area contributed by atoms with Gasteiger partial charge in [0.1, 0.15) is 11.0 Å². The second-order valence-corrected chi connectivity index (χ2v) is 7.38. The number of fused-ring (bicyclic) bond motifs is 1. The number of nitrogens with zero attached hydrogens (tertiary/aromatic N) is 2. The van der Waals surface area contributed by atoms with Crippen molar-refractivity contribution in [1.29, 1.82) is 0 Å². The normalized spacial score (nSPS) is 19.2. The molecule has 0 spiro atoms. The molecule has 4 rings (SSSR count). The van der Waals surface area contributed by atoms with Gasteiger partial charge in [0.15, 0.2) is 0 Å². The van der Waals surface area contributed by atoms with E-state index in [1.165, 1.54) is 11.3 Å². The molecule has 9 heteroatoms. The smallest absolute Gasteiger partial charge is 0.254 e. The molecule has 1 aliphatic carbocycles. The fourth-order valence-electron chi connectivity index (χ4n) is 2.75. The third kappa shape index (κ3) is 3.57.